The van der Waals surface area contributed by atoms with E-state index in [1.807, 2.05) is 42.5 Å². The molecule has 0 spiro atoms. The number of rotatable bonds is 3. The van der Waals surface area contributed by atoms with Crippen LogP contribution >= 0.6 is 0 Å². The molecule has 1 aromatic heterocycles. The van der Waals surface area contributed by atoms with Crippen molar-refractivity contribution in [2.75, 3.05) is 18.1 Å². The van der Waals surface area contributed by atoms with Gasteiger partial charge in [0.15, 0.2) is 0 Å². The first-order chi connectivity index (χ1) is 11.7. The van der Waals surface area contributed by atoms with Gasteiger partial charge in [-0.05, 0) is 25.1 Å². The van der Waals surface area contributed by atoms with Gasteiger partial charge in [-0.3, -0.25) is 9.59 Å². The first kappa shape index (κ1) is 14.8. The van der Waals surface area contributed by atoms with Crippen LogP contribution in [0.1, 0.15) is 13.3 Å². The maximum atomic E-state index is 12.3. The Kier molecular flexibility index (Phi) is 3.49. The van der Waals surface area contributed by atoms with E-state index in [9.17, 15) is 9.59 Å². The molecule has 5 heteroatoms. The van der Waals surface area contributed by atoms with Gasteiger partial charge in [0.25, 0.3) is 0 Å². The molecule has 0 saturated carbocycles. The van der Waals surface area contributed by atoms with Crippen molar-refractivity contribution in [2.24, 2.45) is 5.92 Å². The van der Waals surface area contributed by atoms with Crippen molar-refractivity contribution in [1.82, 2.24) is 0 Å². The highest BCUT2D eigenvalue weighted by atomic mass is 16.5. The van der Waals surface area contributed by atoms with E-state index < -0.39 is 5.92 Å². The second-order valence-corrected chi connectivity index (χ2v) is 5.94. The minimum Gasteiger partial charge on any atom is -0.466 e. The van der Waals surface area contributed by atoms with Crippen LogP contribution in [0.2, 0.25) is 0 Å². The molecule has 5 nitrogen and oxygen atoms in total. The average Bonchev–Trinajstić information content (AvgIpc) is 3.15. The van der Waals surface area contributed by atoms with Crippen LogP contribution in [0, 0.1) is 5.92 Å². The summed E-state index contributed by atoms with van der Waals surface area (Å²) in [5.41, 5.74) is 2.31. The van der Waals surface area contributed by atoms with Crippen LogP contribution < -0.4 is 4.90 Å². The Balaban J connectivity index is 1.68. The molecule has 4 rings (SSSR count). The number of fused-ring (bicyclic) bond motifs is 3. The van der Waals surface area contributed by atoms with Crippen molar-refractivity contribution in [1.29, 1.82) is 0 Å². The highest BCUT2D eigenvalue weighted by Crippen LogP contribution is 2.33. The van der Waals surface area contributed by atoms with E-state index in [2.05, 4.69) is 0 Å². The summed E-state index contributed by atoms with van der Waals surface area (Å²) in [5, 5.41) is 2.07. The number of carbonyl (C=O) groups excluding carboxylic acids is 2. The summed E-state index contributed by atoms with van der Waals surface area (Å²) < 4.78 is 10.9. The third-order valence-electron chi connectivity index (χ3n) is 4.42. The molecule has 0 bridgehead atoms. The summed E-state index contributed by atoms with van der Waals surface area (Å²) in [5.74, 6) is -0.773. The Hall–Kier alpha value is -2.82. The first-order valence-corrected chi connectivity index (χ1v) is 8.05. The van der Waals surface area contributed by atoms with E-state index in [0.29, 0.717) is 13.2 Å². The maximum Gasteiger partial charge on any atom is 0.311 e. The zero-order valence-electron chi connectivity index (χ0n) is 13.3. The lowest BCUT2D eigenvalue weighted by atomic mass is 10.1. The van der Waals surface area contributed by atoms with Crippen molar-refractivity contribution in [3.8, 4) is 0 Å². The predicted molar refractivity (Wildman–Crippen MR) is 90.8 cm³/mol. The van der Waals surface area contributed by atoms with Crippen LogP contribution in [0.25, 0.3) is 21.9 Å². The van der Waals surface area contributed by atoms with Crippen molar-refractivity contribution in [2.45, 2.75) is 13.3 Å². The quantitative estimate of drug-likeness (QED) is 0.692. The smallest absolute Gasteiger partial charge is 0.311 e. The molecule has 1 aliphatic rings. The third kappa shape index (κ3) is 2.33. The Morgan fingerprint density at radius 3 is 2.83 bits per heavy atom. The second kappa shape index (κ2) is 5.67. The van der Waals surface area contributed by atoms with Crippen molar-refractivity contribution in [3.05, 3.63) is 42.5 Å². The molecule has 0 radical (unpaired) electrons. The monoisotopic (exact) mass is 323 g/mol. The van der Waals surface area contributed by atoms with Crippen molar-refractivity contribution >= 4 is 39.5 Å². The van der Waals surface area contributed by atoms with E-state index in [1.54, 1.807) is 11.8 Å². The van der Waals surface area contributed by atoms with Gasteiger partial charge in [-0.2, -0.15) is 0 Å². The minimum absolute atomic E-state index is 0.0662. The van der Waals surface area contributed by atoms with Gasteiger partial charge in [0.1, 0.15) is 11.2 Å². The summed E-state index contributed by atoms with van der Waals surface area (Å²) >= 11 is 0. The number of anilines is 1. The number of esters is 1. The van der Waals surface area contributed by atoms with Crippen LogP contribution in [0.5, 0.6) is 0 Å². The average molecular weight is 323 g/mol. The molecule has 122 valence electrons. The van der Waals surface area contributed by atoms with Gasteiger partial charge in [0.2, 0.25) is 5.91 Å². The number of amides is 1. The number of furan rings is 1. The first-order valence-electron chi connectivity index (χ1n) is 8.05. The largest absolute Gasteiger partial charge is 0.466 e. The van der Waals surface area contributed by atoms with Gasteiger partial charge < -0.3 is 14.1 Å². The molecule has 24 heavy (non-hydrogen) atoms. The standard InChI is InChI=1S/C19H17NO4/c1-2-23-19(22)12-9-18(21)20(11-12)13-7-8-15-14-5-3-4-6-16(14)24-17(15)10-13/h3-8,10,12H,2,9,11H2,1H3/t12-/m0/s1. The topological polar surface area (TPSA) is 59.8 Å². The predicted octanol–water partition coefficient (Wildman–Crippen LogP) is 3.50. The van der Waals surface area contributed by atoms with Gasteiger partial charge in [-0.25, -0.2) is 0 Å². The Labute approximate surface area is 138 Å². The number of nitrogens with zero attached hydrogens (tertiary/aromatic N) is 1. The number of para-hydroxylation sites is 1. The maximum absolute atomic E-state index is 12.3. The summed E-state index contributed by atoms with van der Waals surface area (Å²) in [6.45, 7) is 2.44. The van der Waals surface area contributed by atoms with Crippen molar-refractivity contribution in [3.63, 3.8) is 0 Å². The molecule has 1 amide bonds. The second-order valence-electron chi connectivity index (χ2n) is 5.94. The lowest BCUT2D eigenvalue weighted by Crippen LogP contribution is -2.26. The third-order valence-corrected chi connectivity index (χ3v) is 4.42. The van der Waals surface area contributed by atoms with Gasteiger partial charge in [0.05, 0.1) is 12.5 Å². The molecule has 1 aliphatic heterocycles. The molecule has 0 N–H and O–H groups in total. The summed E-state index contributed by atoms with van der Waals surface area (Å²) in [6.07, 6.45) is 0.191. The molecule has 2 aromatic carbocycles. The van der Waals surface area contributed by atoms with Gasteiger partial charge in [-0.15, -0.1) is 0 Å². The molecule has 2 heterocycles. The summed E-state index contributed by atoms with van der Waals surface area (Å²) in [6, 6.07) is 13.6. The molecule has 1 saturated heterocycles. The van der Waals surface area contributed by atoms with E-state index in [0.717, 1.165) is 27.6 Å². The summed E-state index contributed by atoms with van der Waals surface area (Å²) in [7, 11) is 0. The fourth-order valence-corrected chi connectivity index (χ4v) is 3.26. The Bertz CT molecular complexity index is 943. The fourth-order valence-electron chi connectivity index (χ4n) is 3.26. The SMILES string of the molecule is CCOC(=O)[C@H]1CC(=O)N(c2ccc3c(c2)oc2ccccc23)C1. The number of ether oxygens (including phenoxy) is 1. The van der Waals surface area contributed by atoms with Gasteiger partial charge in [0, 0.05) is 35.5 Å². The van der Waals surface area contributed by atoms with Crippen LogP contribution in [-0.2, 0) is 14.3 Å². The highest BCUT2D eigenvalue weighted by molar-refractivity contribution is 6.07. The molecular weight excluding hydrogens is 306 g/mol. The molecule has 0 aliphatic carbocycles. The van der Waals surface area contributed by atoms with Crippen LogP contribution in [0.4, 0.5) is 5.69 Å². The lowest BCUT2D eigenvalue weighted by Gasteiger charge is -2.16. The molecule has 1 fully saturated rings. The molecule has 3 aromatic rings. The van der Waals surface area contributed by atoms with Gasteiger partial charge in [-0.1, -0.05) is 18.2 Å². The van der Waals surface area contributed by atoms with Crippen LogP contribution in [-0.4, -0.2) is 25.0 Å². The number of hydrogen-bond acceptors (Lipinski definition) is 4. The van der Waals surface area contributed by atoms with E-state index in [4.69, 9.17) is 9.15 Å². The zero-order chi connectivity index (χ0) is 16.7. The number of benzene rings is 2. The van der Waals surface area contributed by atoms with Gasteiger partial charge >= 0.3 is 5.97 Å². The van der Waals surface area contributed by atoms with E-state index in [-0.39, 0.29) is 18.3 Å². The highest BCUT2D eigenvalue weighted by Gasteiger charge is 2.36. The zero-order valence-corrected chi connectivity index (χ0v) is 13.3. The van der Waals surface area contributed by atoms with Crippen LogP contribution in [0.15, 0.2) is 46.9 Å². The number of hydrogen-bond donors (Lipinski definition) is 0. The Morgan fingerprint density at radius 2 is 2.00 bits per heavy atom. The Morgan fingerprint density at radius 1 is 1.21 bits per heavy atom. The molecule has 1 atom stereocenters. The molecular formula is C19H17NO4. The van der Waals surface area contributed by atoms with Crippen molar-refractivity contribution < 1.29 is 18.7 Å². The number of carbonyl (C=O) groups is 2. The van der Waals surface area contributed by atoms with Crippen LogP contribution in [0.3, 0.4) is 0 Å². The normalized spacial score (nSPS) is 17.8. The molecule has 0 unspecified atom stereocenters. The van der Waals surface area contributed by atoms with E-state index in [1.165, 1.54) is 0 Å². The lowest BCUT2D eigenvalue weighted by molar-refractivity contribution is -0.147. The summed E-state index contributed by atoms with van der Waals surface area (Å²) in [4.78, 5) is 25.8. The van der Waals surface area contributed by atoms with E-state index >= 15 is 0 Å². The minimum atomic E-state index is -0.399. The fraction of sp³-hybridized carbons (Fsp3) is 0.263.